The minimum absolute atomic E-state index is 0.641. The van der Waals surface area contributed by atoms with E-state index in [9.17, 15) is 0 Å². The molecule has 7 heteroatoms. The van der Waals surface area contributed by atoms with Gasteiger partial charge in [-0.25, -0.2) is 9.97 Å². The fourth-order valence-corrected chi connectivity index (χ4v) is 3.94. The molecule has 0 unspecified atom stereocenters. The van der Waals surface area contributed by atoms with Crippen molar-refractivity contribution in [3.63, 3.8) is 0 Å². The fraction of sp³-hybridized carbons (Fsp3) is 0.375. The molecule has 1 aliphatic rings. The number of pyridine rings is 1. The van der Waals surface area contributed by atoms with Gasteiger partial charge in [0.1, 0.15) is 11.6 Å². The van der Waals surface area contributed by atoms with E-state index in [0.29, 0.717) is 13.1 Å². The van der Waals surface area contributed by atoms with Gasteiger partial charge in [0.2, 0.25) is 0 Å². The third kappa shape index (κ3) is 5.42. The van der Waals surface area contributed by atoms with E-state index in [1.54, 1.807) is 0 Å². The second-order valence-electron chi connectivity index (χ2n) is 7.94. The van der Waals surface area contributed by atoms with Crippen molar-refractivity contribution >= 4 is 11.8 Å². The summed E-state index contributed by atoms with van der Waals surface area (Å²) in [6.07, 6.45) is 7.61. The Morgan fingerprint density at radius 3 is 2.71 bits per heavy atom. The molecule has 1 aromatic carbocycles. The van der Waals surface area contributed by atoms with Crippen molar-refractivity contribution in [3.8, 4) is 11.3 Å². The van der Waals surface area contributed by atoms with Crippen molar-refractivity contribution < 1.29 is 0 Å². The molecule has 4 rings (SSSR count). The smallest absolute Gasteiger partial charge is 0.194 e. The van der Waals surface area contributed by atoms with Crippen LogP contribution in [0.25, 0.3) is 11.3 Å². The first kappa shape index (κ1) is 20.9. The predicted molar refractivity (Wildman–Crippen MR) is 126 cm³/mol. The normalized spacial score (nSPS) is 14.5. The first-order chi connectivity index (χ1) is 15.2. The van der Waals surface area contributed by atoms with E-state index in [-0.39, 0.29) is 0 Å². The third-order valence-corrected chi connectivity index (χ3v) is 5.61. The number of nitrogens with zero attached hydrogens (tertiary/aromatic N) is 5. The van der Waals surface area contributed by atoms with E-state index in [4.69, 9.17) is 0 Å². The second kappa shape index (κ2) is 10.1. The average Bonchev–Trinajstić information content (AvgIpc) is 3.29. The number of guanidine groups is 1. The van der Waals surface area contributed by atoms with Gasteiger partial charge in [0.05, 0.1) is 18.4 Å². The number of aliphatic imine (C=N–C) groups is 1. The number of benzene rings is 1. The molecule has 1 saturated heterocycles. The van der Waals surface area contributed by atoms with Crippen molar-refractivity contribution in [3.05, 3.63) is 66.2 Å². The molecule has 1 aliphatic heterocycles. The molecule has 0 bridgehead atoms. The molecule has 0 spiro atoms. The van der Waals surface area contributed by atoms with Gasteiger partial charge in [-0.2, -0.15) is 0 Å². The largest absolute Gasteiger partial charge is 0.357 e. The summed E-state index contributed by atoms with van der Waals surface area (Å²) in [5.41, 5.74) is 3.36. The van der Waals surface area contributed by atoms with Gasteiger partial charge in [-0.15, -0.1) is 0 Å². The monoisotopic (exact) mass is 417 g/mol. The maximum atomic E-state index is 4.57. The summed E-state index contributed by atoms with van der Waals surface area (Å²) in [6.45, 7) is 3.54. The lowest BCUT2D eigenvalue weighted by Crippen LogP contribution is -2.38. The van der Waals surface area contributed by atoms with Crippen molar-refractivity contribution in [1.29, 1.82) is 0 Å². The number of nitrogens with one attached hydrogen (secondary N) is 2. The fourth-order valence-electron chi connectivity index (χ4n) is 3.94. The quantitative estimate of drug-likeness (QED) is 0.473. The van der Waals surface area contributed by atoms with Crippen molar-refractivity contribution in [1.82, 2.24) is 25.2 Å². The van der Waals surface area contributed by atoms with E-state index in [1.165, 1.54) is 24.8 Å². The molecule has 2 N–H and O–H groups in total. The van der Waals surface area contributed by atoms with Crippen molar-refractivity contribution in [2.75, 3.05) is 32.1 Å². The van der Waals surface area contributed by atoms with Crippen LogP contribution >= 0.6 is 0 Å². The summed E-state index contributed by atoms with van der Waals surface area (Å²) in [5, 5.41) is 3.46. The molecule has 0 aliphatic carbocycles. The molecular weight excluding hydrogens is 386 g/mol. The van der Waals surface area contributed by atoms with Crippen LogP contribution < -0.4 is 10.2 Å². The topological polar surface area (TPSA) is 72.4 Å². The summed E-state index contributed by atoms with van der Waals surface area (Å²) in [6, 6.07) is 14.5. The summed E-state index contributed by atoms with van der Waals surface area (Å²) >= 11 is 0. The Balaban J connectivity index is 1.35. The summed E-state index contributed by atoms with van der Waals surface area (Å²) < 4.78 is 0. The molecule has 7 nitrogen and oxygen atoms in total. The average molecular weight is 418 g/mol. The van der Waals surface area contributed by atoms with Gasteiger partial charge >= 0.3 is 0 Å². The minimum Gasteiger partial charge on any atom is -0.357 e. The third-order valence-electron chi connectivity index (χ3n) is 5.61. The minimum atomic E-state index is 0.641. The number of H-pyrrole nitrogens is 1. The highest BCUT2D eigenvalue weighted by molar-refractivity contribution is 5.79. The van der Waals surface area contributed by atoms with Crippen LogP contribution in [0.15, 0.2) is 59.9 Å². The van der Waals surface area contributed by atoms with Crippen LogP contribution in [-0.2, 0) is 13.1 Å². The molecule has 0 atom stereocenters. The highest BCUT2D eigenvalue weighted by atomic mass is 15.3. The van der Waals surface area contributed by atoms with Gasteiger partial charge in [0, 0.05) is 39.9 Å². The number of aromatic nitrogens is 3. The van der Waals surface area contributed by atoms with Crippen LogP contribution in [0.4, 0.5) is 5.82 Å². The molecule has 162 valence electrons. The summed E-state index contributed by atoms with van der Waals surface area (Å²) in [5.74, 6) is 2.81. The van der Waals surface area contributed by atoms with E-state index in [2.05, 4.69) is 59.3 Å². The number of imidazole rings is 1. The molecule has 0 saturated carbocycles. The van der Waals surface area contributed by atoms with Crippen LogP contribution in [0, 0.1) is 0 Å². The SMILES string of the molecule is CN=C(NCc1ccnc(N2CCCCC2)c1)N(C)Cc1ncc(-c2ccccc2)[nH]1. The predicted octanol–water partition coefficient (Wildman–Crippen LogP) is 3.67. The van der Waals surface area contributed by atoms with Gasteiger partial charge < -0.3 is 20.1 Å². The number of piperidine rings is 1. The summed E-state index contributed by atoms with van der Waals surface area (Å²) in [4.78, 5) is 21.4. The van der Waals surface area contributed by atoms with Gasteiger partial charge in [0.15, 0.2) is 5.96 Å². The number of hydrogen-bond acceptors (Lipinski definition) is 4. The van der Waals surface area contributed by atoms with E-state index in [1.807, 2.05) is 44.7 Å². The molecule has 3 aromatic rings. The summed E-state index contributed by atoms with van der Waals surface area (Å²) in [7, 11) is 3.83. The highest BCUT2D eigenvalue weighted by Gasteiger charge is 2.13. The van der Waals surface area contributed by atoms with Gasteiger partial charge in [-0.1, -0.05) is 30.3 Å². The zero-order valence-corrected chi connectivity index (χ0v) is 18.4. The van der Waals surface area contributed by atoms with Gasteiger partial charge in [-0.05, 0) is 42.5 Å². The molecule has 0 amide bonds. The highest BCUT2D eigenvalue weighted by Crippen LogP contribution is 2.19. The number of rotatable bonds is 6. The Bertz CT molecular complexity index is 990. The van der Waals surface area contributed by atoms with Crippen LogP contribution in [0.5, 0.6) is 0 Å². The van der Waals surface area contributed by atoms with E-state index in [0.717, 1.165) is 41.9 Å². The maximum absolute atomic E-state index is 4.57. The second-order valence-corrected chi connectivity index (χ2v) is 7.94. The Morgan fingerprint density at radius 2 is 1.94 bits per heavy atom. The van der Waals surface area contributed by atoms with Crippen LogP contribution in [0.2, 0.25) is 0 Å². The lowest BCUT2D eigenvalue weighted by atomic mass is 10.1. The van der Waals surface area contributed by atoms with Crippen molar-refractivity contribution in [2.24, 2.45) is 4.99 Å². The van der Waals surface area contributed by atoms with Crippen LogP contribution in [-0.4, -0.2) is 53.0 Å². The molecule has 2 aromatic heterocycles. The van der Waals surface area contributed by atoms with Crippen LogP contribution in [0.1, 0.15) is 30.7 Å². The van der Waals surface area contributed by atoms with Crippen molar-refractivity contribution in [2.45, 2.75) is 32.4 Å². The molecule has 0 radical (unpaired) electrons. The Labute approximate surface area is 184 Å². The molecule has 3 heterocycles. The first-order valence-electron chi connectivity index (χ1n) is 10.9. The zero-order valence-electron chi connectivity index (χ0n) is 18.4. The zero-order chi connectivity index (χ0) is 21.5. The lowest BCUT2D eigenvalue weighted by molar-refractivity contribution is 0.464. The Morgan fingerprint density at radius 1 is 1.13 bits per heavy atom. The Kier molecular flexibility index (Phi) is 6.82. The van der Waals surface area contributed by atoms with E-state index < -0.39 is 0 Å². The molecule has 31 heavy (non-hydrogen) atoms. The Hall–Kier alpha value is -3.35. The first-order valence-corrected chi connectivity index (χ1v) is 10.9. The number of anilines is 1. The van der Waals surface area contributed by atoms with Gasteiger partial charge in [-0.3, -0.25) is 4.99 Å². The molecular formula is C24H31N7. The number of hydrogen-bond donors (Lipinski definition) is 2. The maximum Gasteiger partial charge on any atom is 0.194 e. The van der Waals surface area contributed by atoms with Gasteiger partial charge in [0.25, 0.3) is 0 Å². The lowest BCUT2D eigenvalue weighted by Gasteiger charge is -2.28. The van der Waals surface area contributed by atoms with E-state index >= 15 is 0 Å². The van der Waals surface area contributed by atoms with Crippen LogP contribution in [0.3, 0.4) is 0 Å². The standard InChI is InChI=1S/C24H31N7/c1-25-24(28-16-19-11-12-26-23(15-19)31-13-7-4-8-14-31)30(2)18-22-27-17-21(29-22)20-9-5-3-6-10-20/h3,5-6,9-12,15,17H,4,7-8,13-14,16,18H2,1-2H3,(H,25,28)(H,27,29). The molecule has 1 fully saturated rings. The number of aromatic amines is 1.